The van der Waals surface area contributed by atoms with Gasteiger partial charge in [0.25, 0.3) is 5.91 Å². The number of aromatic nitrogens is 2. The molecule has 166 valence electrons. The van der Waals surface area contributed by atoms with Crippen LogP contribution in [0.25, 0.3) is 0 Å². The number of aryl methyl sites for hydroxylation is 1. The van der Waals surface area contributed by atoms with Gasteiger partial charge in [0.15, 0.2) is 0 Å². The van der Waals surface area contributed by atoms with Crippen molar-refractivity contribution in [3.63, 3.8) is 0 Å². The second kappa shape index (κ2) is 10.0. The molecule has 0 unspecified atom stereocenters. The fourth-order valence-electron chi connectivity index (χ4n) is 3.82. The van der Waals surface area contributed by atoms with Crippen molar-refractivity contribution in [2.24, 2.45) is 11.5 Å². The smallest absolute Gasteiger partial charge is 0.254 e. The molecule has 8 heteroatoms. The average molecular weight is 449 g/mol. The normalized spacial score (nSPS) is 18.2. The first-order valence-electron chi connectivity index (χ1n) is 10.8. The van der Waals surface area contributed by atoms with Crippen LogP contribution in [-0.2, 0) is 0 Å². The SMILES string of the molecule is Cc1cccc(Sc2cccc(Nc3nc(N[C@@H]4CCCC[C@@H]4N)ncc3C(N)=O)c2)c1. The van der Waals surface area contributed by atoms with E-state index in [0.29, 0.717) is 11.8 Å². The third-order valence-electron chi connectivity index (χ3n) is 5.51. The van der Waals surface area contributed by atoms with Gasteiger partial charge in [0.1, 0.15) is 11.4 Å². The largest absolute Gasteiger partial charge is 0.365 e. The van der Waals surface area contributed by atoms with Crippen molar-refractivity contribution in [1.29, 1.82) is 0 Å². The van der Waals surface area contributed by atoms with Crippen LogP contribution in [-0.4, -0.2) is 28.0 Å². The standard InChI is InChI=1S/C24H28N6OS/c1-15-6-4-8-17(12-15)32-18-9-5-7-16(13-18)28-23-19(22(26)31)14-27-24(30-23)29-21-11-3-2-10-20(21)25/h4-9,12-14,20-21H,2-3,10-11,25H2,1H3,(H2,26,31)(H2,27,28,29,30)/t20-,21+/m0/s1. The van der Waals surface area contributed by atoms with Crippen molar-refractivity contribution in [1.82, 2.24) is 9.97 Å². The van der Waals surface area contributed by atoms with E-state index < -0.39 is 5.91 Å². The molecule has 6 N–H and O–H groups in total. The van der Waals surface area contributed by atoms with Gasteiger partial charge in [0, 0.05) is 33.8 Å². The number of nitrogens with two attached hydrogens (primary N) is 2. The Hall–Kier alpha value is -3.10. The molecule has 1 saturated carbocycles. The van der Waals surface area contributed by atoms with E-state index in [9.17, 15) is 4.79 Å². The van der Waals surface area contributed by atoms with Crippen molar-refractivity contribution in [3.05, 3.63) is 65.9 Å². The molecule has 1 aliphatic carbocycles. The summed E-state index contributed by atoms with van der Waals surface area (Å²) >= 11 is 1.67. The van der Waals surface area contributed by atoms with Crippen molar-refractivity contribution >= 4 is 35.1 Å². The lowest BCUT2D eigenvalue weighted by Crippen LogP contribution is -2.43. The predicted octanol–water partition coefficient (Wildman–Crippen LogP) is 4.46. The van der Waals surface area contributed by atoms with Crippen LogP contribution in [0.5, 0.6) is 0 Å². The number of nitrogens with one attached hydrogen (secondary N) is 2. The van der Waals surface area contributed by atoms with E-state index in [1.54, 1.807) is 11.8 Å². The molecule has 3 aromatic rings. The Balaban J connectivity index is 1.55. The summed E-state index contributed by atoms with van der Waals surface area (Å²) < 4.78 is 0. The number of hydrogen-bond acceptors (Lipinski definition) is 7. The topological polar surface area (TPSA) is 119 Å². The number of nitrogens with zero attached hydrogens (tertiary/aromatic N) is 2. The molecule has 1 aliphatic rings. The zero-order chi connectivity index (χ0) is 22.5. The summed E-state index contributed by atoms with van der Waals surface area (Å²) in [4.78, 5) is 23.0. The molecule has 0 aliphatic heterocycles. The van der Waals surface area contributed by atoms with Crippen LogP contribution in [0.3, 0.4) is 0 Å². The van der Waals surface area contributed by atoms with Crippen LogP contribution >= 0.6 is 11.8 Å². The highest BCUT2D eigenvalue weighted by Crippen LogP contribution is 2.31. The van der Waals surface area contributed by atoms with E-state index in [1.165, 1.54) is 11.8 Å². The molecule has 1 amide bonds. The van der Waals surface area contributed by atoms with Crippen LogP contribution < -0.4 is 22.1 Å². The van der Waals surface area contributed by atoms with Gasteiger partial charge in [0.05, 0.1) is 0 Å². The molecule has 1 heterocycles. The molecule has 0 bridgehead atoms. The minimum atomic E-state index is -0.585. The Morgan fingerprint density at radius 2 is 1.84 bits per heavy atom. The highest BCUT2D eigenvalue weighted by molar-refractivity contribution is 7.99. The van der Waals surface area contributed by atoms with Gasteiger partial charge in [-0.2, -0.15) is 4.98 Å². The summed E-state index contributed by atoms with van der Waals surface area (Å²) in [5.41, 5.74) is 14.1. The van der Waals surface area contributed by atoms with Gasteiger partial charge in [-0.3, -0.25) is 4.79 Å². The van der Waals surface area contributed by atoms with E-state index in [0.717, 1.165) is 41.2 Å². The molecule has 1 fully saturated rings. The first kappa shape index (κ1) is 22.1. The van der Waals surface area contributed by atoms with Gasteiger partial charge >= 0.3 is 0 Å². The van der Waals surface area contributed by atoms with E-state index in [1.807, 2.05) is 30.3 Å². The van der Waals surface area contributed by atoms with Crippen molar-refractivity contribution in [2.75, 3.05) is 10.6 Å². The molecule has 7 nitrogen and oxygen atoms in total. The first-order chi connectivity index (χ1) is 15.5. The lowest BCUT2D eigenvalue weighted by Gasteiger charge is -2.29. The number of carbonyl (C=O) groups is 1. The molecule has 0 spiro atoms. The van der Waals surface area contributed by atoms with Gasteiger partial charge < -0.3 is 22.1 Å². The molecule has 0 radical (unpaired) electrons. The molecule has 4 rings (SSSR count). The maximum Gasteiger partial charge on any atom is 0.254 e. The van der Waals surface area contributed by atoms with Crippen LogP contribution in [0.15, 0.2) is 64.5 Å². The Morgan fingerprint density at radius 3 is 2.59 bits per heavy atom. The number of carbonyl (C=O) groups excluding carboxylic acids is 1. The Bertz CT molecular complexity index is 1110. The Kier molecular flexibility index (Phi) is 6.92. The second-order valence-electron chi connectivity index (χ2n) is 8.09. The maximum atomic E-state index is 12.0. The van der Waals surface area contributed by atoms with Crippen LogP contribution in [0.2, 0.25) is 0 Å². The molecule has 2 atom stereocenters. The summed E-state index contributed by atoms with van der Waals surface area (Å²) in [5.74, 6) is 0.223. The lowest BCUT2D eigenvalue weighted by molar-refractivity contribution is 0.100. The third kappa shape index (κ3) is 5.57. The minimum Gasteiger partial charge on any atom is -0.365 e. The zero-order valence-electron chi connectivity index (χ0n) is 18.0. The minimum absolute atomic E-state index is 0.0647. The maximum absolute atomic E-state index is 12.0. The number of amides is 1. The highest BCUT2D eigenvalue weighted by Gasteiger charge is 2.23. The fourth-order valence-corrected chi connectivity index (χ4v) is 4.82. The van der Waals surface area contributed by atoms with Crippen LogP contribution in [0.4, 0.5) is 17.5 Å². The number of hydrogen-bond donors (Lipinski definition) is 4. The van der Waals surface area contributed by atoms with Gasteiger partial charge in [-0.1, -0.05) is 48.4 Å². The van der Waals surface area contributed by atoms with Crippen molar-refractivity contribution in [3.8, 4) is 0 Å². The zero-order valence-corrected chi connectivity index (χ0v) is 18.9. The third-order valence-corrected chi connectivity index (χ3v) is 6.49. The monoisotopic (exact) mass is 448 g/mol. The van der Waals surface area contributed by atoms with Crippen molar-refractivity contribution < 1.29 is 4.79 Å². The molecular formula is C24H28N6OS. The summed E-state index contributed by atoms with van der Waals surface area (Å²) in [6.07, 6.45) is 5.68. The number of primary amides is 1. The Labute approximate surface area is 192 Å². The van der Waals surface area contributed by atoms with Gasteiger partial charge in [-0.05, 0) is 50.1 Å². The van der Waals surface area contributed by atoms with Crippen LogP contribution in [0, 0.1) is 6.92 Å². The fraction of sp³-hybridized carbons (Fsp3) is 0.292. The average Bonchev–Trinajstić information content (AvgIpc) is 2.76. The van der Waals surface area contributed by atoms with E-state index in [2.05, 4.69) is 45.7 Å². The molecule has 1 aromatic heterocycles. The van der Waals surface area contributed by atoms with Gasteiger partial charge in [-0.25, -0.2) is 4.98 Å². The van der Waals surface area contributed by atoms with Crippen molar-refractivity contribution in [2.45, 2.75) is 54.5 Å². The van der Waals surface area contributed by atoms with Gasteiger partial charge in [0.2, 0.25) is 5.95 Å². The lowest BCUT2D eigenvalue weighted by atomic mass is 9.91. The molecular weight excluding hydrogens is 420 g/mol. The second-order valence-corrected chi connectivity index (χ2v) is 9.24. The summed E-state index contributed by atoms with van der Waals surface area (Å²) in [7, 11) is 0. The van der Waals surface area contributed by atoms with E-state index in [-0.39, 0.29) is 17.6 Å². The molecule has 32 heavy (non-hydrogen) atoms. The number of benzene rings is 2. The van der Waals surface area contributed by atoms with Crippen LogP contribution in [0.1, 0.15) is 41.6 Å². The quantitative estimate of drug-likeness (QED) is 0.421. The summed E-state index contributed by atoms with van der Waals surface area (Å²) in [6.45, 7) is 2.08. The Morgan fingerprint density at radius 1 is 1.09 bits per heavy atom. The molecule has 0 saturated heterocycles. The summed E-state index contributed by atoms with van der Waals surface area (Å²) in [5, 5.41) is 6.57. The van der Waals surface area contributed by atoms with E-state index in [4.69, 9.17) is 11.5 Å². The summed E-state index contributed by atoms with van der Waals surface area (Å²) in [6, 6.07) is 16.5. The first-order valence-corrected chi connectivity index (χ1v) is 11.6. The number of rotatable bonds is 7. The van der Waals surface area contributed by atoms with E-state index >= 15 is 0 Å². The number of anilines is 3. The highest BCUT2D eigenvalue weighted by atomic mass is 32.2. The molecule has 2 aromatic carbocycles. The predicted molar refractivity (Wildman–Crippen MR) is 129 cm³/mol. The van der Waals surface area contributed by atoms with Gasteiger partial charge in [-0.15, -0.1) is 0 Å².